The van der Waals surface area contributed by atoms with Crippen molar-refractivity contribution in [2.45, 2.75) is 52.0 Å². The van der Waals surface area contributed by atoms with Crippen LogP contribution < -0.4 is 0 Å². The highest BCUT2D eigenvalue weighted by Crippen LogP contribution is 2.23. The zero-order valence-corrected chi connectivity index (χ0v) is 13.2. The summed E-state index contributed by atoms with van der Waals surface area (Å²) >= 11 is 5.77. The Morgan fingerprint density at radius 2 is 2.20 bits per heavy atom. The van der Waals surface area contributed by atoms with Gasteiger partial charge in [-0.2, -0.15) is 0 Å². The highest BCUT2D eigenvalue weighted by Gasteiger charge is 2.28. The second kappa shape index (κ2) is 7.12. The molecule has 1 saturated heterocycles. The minimum absolute atomic E-state index is 0.274. The number of hydrogen-bond donors (Lipinski definition) is 0. The molecule has 2 rings (SSSR count). The number of aryl methyl sites for hydroxylation is 2. The van der Waals surface area contributed by atoms with E-state index >= 15 is 0 Å². The molecule has 0 radical (unpaired) electrons. The average Bonchev–Trinajstić information content (AvgIpc) is 2.89. The maximum absolute atomic E-state index is 12.5. The number of likely N-dealkylation sites (tertiary alicyclic amines) is 1. The molecule has 2 nitrogen and oxygen atoms in total. The molecule has 1 heterocycles. The topological polar surface area (TPSA) is 20.3 Å². The molecule has 1 aliphatic heterocycles. The first-order chi connectivity index (χ1) is 9.61. The molecule has 1 unspecified atom stereocenters. The molecule has 3 heteroatoms. The molecule has 0 bridgehead atoms. The largest absolute Gasteiger partial charge is 0.339 e. The minimum Gasteiger partial charge on any atom is -0.339 e. The van der Waals surface area contributed by atoms with E-state index < -0.39 is 0 Å². The number of alkyl halides is 1. The molecule has 1 aliphatic rings. The molecule has 1 fully saturated rings. The van der Waals surface area contributed by atoms with Gasteiger partial charge in [0.15, 0.2) is 0 Å². The molecule has 0 aliphatic carbocycles. The molecule has 0 aromatic heterocycles. The summed E-state index contributed by atoms with van der Waals surface area (Å²) < 4.78 is 0. The third kappa shape index (κ3) is 3.76. The third-order valence-electron chi connectivity index (χ3n) is 4.21. The van der Waals surface area contributed by atoms with E-state index in [1.165, 1.54) is 11.1 Å². The van der Waals surface area contributed by atoms with Crippen LogP contribution in [0.25, 0.3) is 0 Å². The Morgan fingerprint density at radius 1 is 1.40 bits per heavy atom. The van der Waals surface area contributed by atoms with Crippen molar-refractivity contribution in [3.05, 3.63) is 34.9 Å². The SMILES string of the molecule is Cc1ccc(C)c(CC(=O)N2CCCC2CCCCl)c1. The van der Waals surface area contributed by atoms with E-state index in [1.807, 2.05) is 0 Å². The minimum atomic E-state index is 0.274. The van der Waals surface area contributed by atoms with Crippen molar-refractivity contribution in [1.29, 1.82) is 0 Å². The monoisotopic (exact) mass is 293 g/mol. The van der Waals surface area contributed by atoms with E-state index in [0.29, 0.717) is 18.3 Å². The van der Waals surface area contributed by atoms with Crippen molar-refractivity contribution < 1.29 is 4.79 Å². The first-order valence-electron chi connectivity index (χ1n) is 7.53. The molecule has 0 spiro atoms. The van der Waals surface area contributed by atoms with Crippen molar-refractivity contribution in [1.82, 2.24) is 4.90 Å². The van der Waals surface area contributed by atoms with E-state index in [9.17, 15) is 4.79 Å². The van der Waals surface area contributed by atoms with E-state index in [4.69, 9.17) is 11.6 Å². The first kappa shape index (κ1) is 15.4. The number of carbonyl (C=O) groups excluding carboxylic acids is 1. The summed E-state index contributed by atoms with van der Waals surface area (Å²) in [6, 6.07) is 6.75. The van der Waals surface area contributed by atoms with Crippen LogP contribution in [0.4, 0.5) is 0 Å². The van der Waals surface area contributed by atoms with Gasteiger partial charge in [0.25, 0.3) is 0 Å². The lowest BCUT2D eigenvalue weighted by Crippen LogP contribution is -2.36. The molecule has 1 amide bonds. The van der Waals surface area contributed by atoms with Crippen LogP contribution in [-0.4, -0.2) is 29.3 Å². The standard InChI is InChI=1S/C17H24ClNO/c1-13-7-8-14(2)15(11-13)12-17(20)19-10-4-6-16(19)5-3-9-18/h7-8,11,16H,3-6,9-10,12H2,1-2H3. The van der Waals surface area contributed by atoms with E-state index in [2.05, 4.69) is 36.9 Å². The van der Waals surface area contributed by atoms with E-state index in [1.54, 1.807) is 0 Å². The number of halogens is 1. The zero-order valence-electron chi connectivity index (χ0n) is 12.5. The van der Waals surface area contributed by atoms with Gasteiger partial charge in [0.1, 0.15) is 0 Å². The van der Waals surface area contributed by atoms with Gasteiger partial charge in [-0.3, -0.25) is 4.79 Å². The summed E-state index contributed by atoms with van der Waals surface area (Å²) in [5.41, 5.74) is 3.59. The fourth-order valence-corrected chi connectivity index (χ4v) is 3.19. The van der Waals surface area contributed by atoms with Crippen molar-refractivity contribution in [3.63, 3.8) is 0 Å². The van der Waals surface area contributed by atoms with Crippen molar-refractivity contribution in [2.75, 3.05) is 12.4 Å². The van der Waals surface area contributed by atoms with Gasteiger partial charge in [0, 0.05) is 18.5 Å². The number of rotatable bonds is 5. The van der Waals surface area contributed by atoms with Crippen LogP contribution in [0.3, 0.4) is 0 Å². The number of benzene rings is 1. The Kier molecular flexibility index (Phi) is 5.47. The Labute approximate surface area is 127 Å². The molecular formula is C17H24ClNO. The van der Waals surface area contributed by atoms with Gasteiger partial charge >= 0.3 is 0 Å². The van der Waals surface area contributed by atoms with Crippen LogP contribution in [0, 0.1) is 13.8 Å². The Hall–Kier alpha value is -1.02. The van der Waals surface area contributed by atoms with Crippen molar-refractivity contribution >= 4 is 17.5 Å². The molecule has 20 heavy (non-hydrogen) atoms. The molecular weight excluding hydrogens is 270 g/mol. The summed E-state index contributed by atoms with van der Waals surface area (Å²) in [6.07, 6.45) is 4.84. The van der Waals surface area contributed by atoms with Crippen LogP contribution >= 0.6 is 11.6 Å². The van der Waals surface area contributed by atoms with Crippen LogP contribution in [0.1, 0.15) is 42.4 Å². The van der Waals surface area contributed by atoms with Crippen LogP contribution in [0.2, 0.25) is 0 Å². The second-order valence-corrected chi connectivity index (χ2v) is 6.20. The zero-order chi connectivity index (χ0) is 14.5. The van der Waals surface area contributed by atoms with Gasteiger partial charge in [0.2, 0.25) is 5.91 Å². The Balaban J connectivity index is 2.01. The lowest BCUT2D eigenvalue weighted by Gasteiger charge is -2.25. The number of nitrogens with zero attached hydrogens (tertiary/aromatic N) is 1. The van der Waals surface area contributed by atoms with Gasteiger partial charge < -0.3 is 4.90 Å². The van der Waals surface area contributed by atoms with Gasteiger partial charge in [0.05, 0.1) is 6.42 Å². The van der Waals surface area contributed by atoms with Crippen molar-refractivity contribution in [3.8, 4) is 0 Å². The van der Waals surface area contributed by atoms with E-state index in [0.717, 1.165) is 37.8 Å². The number of carbonyl (C=O) groups is 1. The van der Waals surface area contributed by atoms with Gasteiger partial charge in [-0.25, -0.2) is 0 Å². The summed E-state index contributed by atoms with van der Waals surface area (Å²) in [7, 11) is 0. The maximum Gasteiger partial charge on any atom is 0.227 e. The predicted molar refractivity (Wildman–Crippen MR) is 84.3 cm³/mol. The van der Waals surface area contributed by atoms with Crippen LogP contribution in [0.15, 0.2) is 18.2 Å². The Morgan fingerprint density at radius 3 is 2.95 bits per heavy atom. The van der Waals surface area contributed by atoms with Crippen molar-refractivity contribution in [2.24, 2.45) is 0 Å². The Bertz CT molecular complexity index is 472. The fourth-order valence-electron chi connectivity index (χ4n) is 3.03. The molecule has 0 N–H and O–H groups in total. The molecule has 1 atom stereocenters. The first-order valence-corrected chi connectivity index (χ1v) is 8.07. The molecule has 1 aromatic carbocycles. The van der Waals surface area contributed by atoms with Gasteiger partial charge in [-0.05, 0) is 50.7 Å². The molecule has 1 aromatic rings. The number of amides is 1. The van der Waals surface area contributed by atoms with E-state index in [-0.39, 0.29) is 5.91 Å². The predicted octanol–water partition coefficient (Wildman–Crippen LogP) is 3.86. The van der Waals surface area contributed by atoms with Crippen LogP contribution in [0.5, 0.6) is 0 Å². The lowest BCUT2D eigenvalue weighted by atomic mass is 10.0. The number of hydrogen-bond acceptors (Lipinski definition) is 1. The molecule has 110 valence electrons. The van der Waals surface area contributed by atoms with Gasteiger partial charge in [-0.15, -0.1) is 11.6 Å². The summed E-state index contributed by atoms with van der Waals surface area (Å²) in [5, 5.41) is 0. The smallest absolute Gasteiger partial charge is 0.227 e. The maximum atomic E-state index is 12.5. The summed E-state index contributed by atoms with van der Waals surface area (Å²) in [4.78, 5) is 14.6. The van der Waals surface area contributed by atoms with Crippen LogP contribution in [-0.2, 0) is 11.2 Å². The second-order valence-electron chi connectivity index (χ2n) is 5.82. The highest BCUT2D eigenvalue weighted by atomic mass is 35.5. The highest BCUT2D eigenvalue weighted by molar-refractivity contribution is 6.17. The van der Waals surface area contributed by atoms with Gasteiger partial charge in [-0.1, -0.05) is 23.8 Å². The quantitative estimate of drug-likeness (QED) is 0.755. The normalized spacial score (nSPS) is 18.6. The lowest BCUT2D eigenvalue weighted by molar-refractivity contribution is -0.131. The summed E-state index contributed by atoms with van der Waals surface area (Å²) in [6.45, 7) is 5.07. The fraction of sp³-hybridized carbons (Fsp3) is 0.588. The summed E-state index contributed by atoms with van der Waals surface area (Å²) in [5.74, 6) is 0.964. The average molecular weight is 294 g/mol. The third-order valence-corrected chi connectivity index (χ3v) is 4.48. The molecule has 0 saturated carbocycles.